The number of hydrogen-bond acceptors (Lipinski definition) is 3. The third-order valence-electron chi connectivity index (χ3n) is 1.98. The fourth-order valence-electron chi connectivity index (χ4n) is 1.18. The number of nitriles is 2. The van der Waals surface area contributed by atoms with Gasteiger partial charge in [0.25, 0.3) is 5.91 Å². The lowest BCUT2D eigenvalue weighted by Gasteiger charge is -2.15. The van der Waals surface area contributed by atoms with Crippen LogP contribution >= 0.6 is 27.5 Å². The van der Waals surface area contributed by atoms with Crippen LogP contribution < -0.4 is 0 Å². The molecular weight excluding hydrogens is 305 g/mol. The van der Waals surface area contributed by atoms with Gasteiger partial charge in [-0.15, -0.1) is 0 Å². The molecule has 1 aromatic carbocycles. The fourth-order valence-corrected chi connectivity index (χ4v) is 1.68. The van der Waals surface area contributed by atoms with E-state index in [-0.39, 0.29) is 19.0 Å². The summed E-state index contributed by atoms with van der Waals surface area (Å²) in [5, 5.41) is 17.6. The number of carbonyl (C=O) groups is 1. The monoisotopic (exact) mass is 311 g/mol. The van der Waals surface area contributed by atoms with Crippen LogP contribution in [0.15, 0.2) is 22.7 Å². The molecule has 0 N–H and O–H groups in total. The van der Waals surface area contributed by atoms with E-state index in [4.69, 9.17) is 22.1 Å². The lowest BCUT2D eigenvalue weighted by Crippen LogP contribution is -2.31. The Kier molecular flexibility index (Phi) is 4.96. The van der Waals surface area contributed by atoms with Gasteiger partial charge in [0.15, 0.2) is 0 Å². The maximum absolute atomic E-state index is 11.9. The van der Waals surface area contributed by atoms with Crippen molar-refractivity contribution in [2.75, 3.05) is 13.1 Å². The molecule has 17 heavy (non-hydrogen) atoms. The van der Waals surface area contributed by atoms with E-state index in [1.54, 1.807) is 18.2 Å². The maximum atomic E-state index is 11.9. The highest BCUT2D eigenvalue weighted by atomic mass is 79.9. The van der Waals surface area contributed by atoms with Crippen molar-refractivity contribution in [3.63, 3.8) is 0 Å². The Bertz CT molecular complexity index is 502. The Labute approximate surface area is 112 Å². The molecule has 1 rings (SSSR count). The van der Waals surface area contributed by atoms with Gasteiger partial charge in [-0.2, -0.15) is 10.5 Å². The number of nitrogens with zero attached hydrogens (tertiary/aromatic N) is 3. The molecule has 6 heteroatoms. The molecule has 0 saturated carbocycles. The van der Waals surface area contributed by atoms with Crippen LogP contribution in [0.4, 0.5) is 0 Å². The van der Waals surface area contributed by atoms with Gasteiger partial charge >= 0.3 is 0 Å². The van der Waals surface area contributed by atoms with Crippen molar-refractivity contribution in [2.45, 2.75) is 0 Å². The van der Waals surface area contributed by atoms with Crippen molar-refractivity contribution in [3.05, 3.63) is 33.3 Å². The molecule has 0 saturated heterocycles. The molecule has 0 unspecified atom stereocenters. The van der Waals surface area contributed by atoms with Crippen molar-refractivity contribution in [2.24, 2.45) is 0 Å². The molecule has 4 nitrogen and oxygen atoms in total. The largest absolute Gasteiger partial charge is 0.312 e. The van der Waals surface area contributed by atoms with Gasteiger partial charge in [0.1, 0.15) is 13.1 Å². The van der Waals surface area contributed by atoms with Crippen LogP contribution in [0.1, 0.15) is 10.4 Å². The molecule has 0 aliphatic carbocycles. The van der Waals surface area contributed by atoms with E-state index in [1.165, 1.54) is 0 Å². The highest BCUT2D eigenvalue weighted by Crippen LogP contribution is 2.23. The first-order valence-corrected chi connectivity index (χ1v) is 5.75. The third-order valence-corrected chi connectivity index (χ3v) is 3.19. The number of carbonyl (C=O) groups excluding carboxylic acids is 1. The van der Waals surface area contributed by atoms with Crippen LogP contribution in [0.3, 0.4) is 0 Å². The van der Waals surface area contributed by atoms with Gasteiger partial charge in [-0.1, -0.05) is 11.6 Å². The van der Waals surface area contributed by atoms with Gasteiger partial charge in [0, 0.05) is 10.0 Å². The second-order valence-electron chi connectivity index (χ2n) is 3.11. The predicted molar refractivity (Wildman–Crippen MR) is 66.3 cm³/mol. The summed E-state index contributed by atoms with van der Waals surface area (Å²) in [6.45, 7) is -0.237. The molecule has 0 heterocycles. The smallest absolute Gasteiger partial charge is 0.255 e. The molecule has 1 amide bonds. The average Bonchev–Trinajstić information content (AvgIpc) is 2.31. The Hall–Kier alpha value is -1.56. The maximum Gasteiger partial charge on any atom is 0.255 e. The minimum atomic E-state index is -0.370. The van der Waals surface area contributed by atoms with Crippen molar-refractivity contribution in [1.29, 1.82) is 10.5 Å². The molecule has 0 fully saturated rings. The first kappa shape index (κ1) is 13.5. The first-order chi connectivity index (χ1) is 8.10. The summed E-state index contributed by atoms with van der Waals surface area (Å²) in [4.78, 5) is 13.1. The summed E-state index contributed by atoms with van der Waals surface area (Å²) in [6.07, 6.45) is 0. The second-order valence-corrected chi connectivity index (χ2v) is 4.37. The number of rotatable bonds is 3. The van der Waals surface area contributed by atoms with Crippen LogP contribution in [0.25, 0.3) is 0 Å². The average molecular weight is 313 g/mol. The quantitative estimate of drug-likeness (QED) is 0.806. The van der Waals surface area contributed by atoms with E-state index in [0.717, 1.165) is 4.90 Å². The molecule has 0 radical (unpaired) electrons. The second kappa shape index (κ2) is 6.24. The summed E-state index contributed by atoms with van der Waals surface area (Å²) < 4.78 is 0.596. The summed E-state index contributed by atoms with van der Waals surface area (Å²) in [6, 6.07) is 8.38. The van der Waals surface area contributed by atoms with Crippen LogP contribution in [0, 0.1) is 22.7 Å². The minimum absolute atomic E-state index is 0.118. The summed E-state index contributed by atoms with van der Waals surface area (Å²) in [5.41, 5.74) is 0.381. The summed E-state index contributed by atoms with van der Waals surface area (Å²) in [7, 11) is 0. The number of amides is 1. The Morgan fingerprint density at radius 3 is 2.41 bits per heavy atom. The highest BCUT2D eigenvalue weighted by Gasteiger charge is 2.15. The lowest BCUT2D eigenvalue weighted by atomic mass is 10.2. The molecule has 1 aromatic rings. The standard InChI is InChI=1S/C11H7BrClN3O/c12-9-7-8(1-2-10(9)13)11(17)16(5-3-14)6-4-15/h1-2,7H,5-6H2. The van der Waals surface area contributed by atoms with Gasteiger partial charge in [-0.05, 0) is 34.1 Å². The zero-order chi connectivity index (χ0) is 12.8. The number of hydrogen-bond donors (Lipinski definition) is 0. The Morgan fingerprint density at radius 2 is 1.94 bits per heavy atom. The van der Waals surface area contributed by atoms with Gasteiger partial charge in [-0.3, -0.25) is 4.79 Å². The van der Waals surface area contributed by atoms with Gasteiger partial charge in [-0.25, -0.2) is 0 Å². The number of benzene rings is 1. The van der Waals surface area contributed by atoms with Crippen LogP contribution in [0.2, 0.25) is 5.02 Å². The highest BCUT2D eigenvalue weighted by molar-refractivity contribution is 9.10. The molecule has 86 valence electrons. The number of halogens is 2. The Balaban J connectivity index is 2.98. The predicted octanol–water partition coefficient (Wildman–Crippen LogP) is 2.59. The topological polar surface area (TPSA) is 67.9 Å². The van der Waals surface area contributed by atoms with Crippen LogP contribution in [-0.4, -0.2) is 23.9 Å². The molecule has 0 aliphatic rings. The minimum Gasteiger partial charge on any atom is -0.312 e. The summed E-state index contributed by atoms with van der Waals surface area (Å²) >= 11 is 9.02. The van der Waals surface area contributed by atoms with Crippen molar-refractivity contribution in [1.82, 2.24) is 4.90 Å². The molecule has 0 bridgehead atoms. The normalized spacial score (nSPS) is 9.18. The molecule has 0 spiro atoms. The van der Waals surface area contributed by atoms with Gasteiger partial charge in [0.05, 0.1) is 17.2 Å². The van der Waals surface area contributed by atoms with Crippen LogP contribution in [-0.2, 0) is 0 Å². The van der Waals surface area contributed by atoms with E-state index in [9.17, 15) is 4.79 Å². The van der Waals surface area contributed by atoms with Crippen molar-refractivity contribution >= 4 is 33.4 Å². The Morgan fingerprint density at radius 1 is 1.35 bits per heavy atom. The molecule has 0 atom stereocenters. The van der Waals surface area contributed by atoms with E-state index in [0.29, 0.717) is 15.1 Å². The van der Waals surface area contributed by atoms with Gasteiger partial charge < -0.3 is 4.90 Å². The van der Waals surface area contributed by atoms with Crippen molar-refractivity contribution < 1.29 is 4.79 Å². The van der Waals surface area contributed by atoms with E-state index in [1.807, 2.05) is 12.1 Å². The van der Waals surface area contributed by atoms with Gasteiger partial charge in [0.2, 0.25) is 0 Å². The van der Waals surface area contributed by atoms with Crippen LogP contribution in [0.5, 0.6) is 0 Å². The zero-order valence-electron chi connectivity index (χ0n) is 8.65. The molecule has 0 aliphatic heterocycles. The SMILES string of the molecule is N#CCN(CC#N)C(=O)c1ccc(Cl)c(Br)c1. The van der Waals surface area contributed by atoms with E-state index >= 15 is 0 Å². The lowest BCUT2D eigenvalue weighted by molar-refractivity contribution is 0.0794. The van der Waals surface area contributed by atoms with E-state index < -0.39 is 0 Å². The molecule has 0 aromatic heterocycles. The summed E-state index contributed by atoms with van der Waals surface area (Å²) in [5.74, 6) is -0.370. The fraction of sp³-hybridized carbons (Fsp3) is 0.182. The first-order valence-electron chi connectivity index (χ1n) is 4.58. The third kappa shape index (κ3) is 3.45. The zero-order valence-corrected chi connectivity index (χ0v) is 11.0. The van der Waals surface area contributed by atoms with E-state index in [2.05, 4.69) is 15.9 Å². The molecular formula is C11H7BrClN3O. The van der Waals surface area contributed by atoms with Crippen molar-refractivity contribution in [3.8, 4) is 12.1 Å².